The Balaban J connectivity index is 1.75. The van der Waals surface area contributed by atoms with Gasteiger partial charge < -0.3 is 9.30 Å². The van der Waals surface area contributed by atoms with Crippen molar-refractivity contribution in [2.75, 3.05) is 7.11 Å². The smallest absolute Gasteiger partial charge is 0.191 e. The molecule has 0 fully saturated rings. The predicted octanol–water partition coefficient (Wildman–Crippen LogP) is 5.12. The van der Waals surface area contributed by atoms with E-state index in [9.17, 15) is 0 Å². The molecule has 0 saturated carbocycles. The molecule has 4 nitrogen and oxygen atoms in total. The highest BCUT2D eigenvalue weighted by Crippen LogP contribution is 2.29. The van der Waals surface area contributed by atoms with E-state index in [0.717, 1.165) is 33.4 Å². The molecule has 6 heteroatoms. The van der Waals surface area contributed by atoms with Crippen LogP contribution in [0.5, 0.6) is 5.75 Å². The maximum Gasteiger partial charge on any atom is 0.191 e. The average Bonchev–Trinajstić information content (AvgIpc) is 3.03. The molecule has 0 radical (unpaired) electrons. The Kier molecular flexibility index (Phi) is 6.52. The molecular weight excluding hydrogens is 410 g/mol. The van der Waals surface area contributed by atoms with Crippen molar-refractivity contribution >= 4 is 27.7 Å². The molecule has 2 aromatic carbocycles. The highest BCUT2D eigenvalue weighted by atomic mass is 79.9. The van der Waals surface area contributed by atoms with Crippen molar-refractivity contribution in [2.45, 2.75) is 23.9 Å². The van der Waals surface area contributed by atoms with Gasteiger partial charge in [0.05, 0.1) is 11.6 Å². The van der Waals surface area contributed by atoms with Crippen LogP contribution in [0, 0.1) is 0 Å². The zero-order valence-electron chi connectivity index (χ0n) is 14.6. The van der Waals surface area contributed by atoms with E-state index in [1.54, 1.807) is 18.9 Å². The molecule has 1 heterocycles. The third-order valence-electron chi connectivity index (χ3n) is 3.89. The van der Waals surface area contributed by atoms with Crippen LogP contribution in [0.3, 0.4) is 0 Å². The quantitative estimate of drug-likeness (QED) is 0.368. The van der Waals surface area contributed by atoms with Crippen molar-refractivity contribution in [1.29, 1.82) is 0 Å². The lowest BCUT2D eigenvalue weighted by Gasteiger charge is -2.09. The third-order valence-corrected chi connectivity index (χ3v) is 5.55. The van der Waals surface area contributed by atoms with E-state index in [1.807, 2.05) is 30.3 Å². The second kappa shape index (κ2) is 9.05. The van der Waals surface area contributed by atoms with Crippen molar-refractivity contribution in [1.82, 2.24) is 14.8 Å². The van der Waals surface area contributed by atoms with Gasteiger partial charge in [0.1, 0.15) is 11.6 Å². The molecular formula is C20H20BrN3OS. The zero-order chi connectivity index (χ0) is 18.4. The van der Waals surface area contributed by atoms with Gasteiger partial charge in [0.25, 0.3) is 0 Å². The molecule has 3 rings (SSSR count). The lowest BCUT2D eigenvalue weighted by atomic mass is 10.1. The minimum Gasteiger partial charge on any atom is -0.496 e. The maximum atomic E-state index is 5.28. The minimum atomic E-state index is 0.698. The van der Waals surface area contributed by atoms with E-state index >= 15 is 0 Å². The molecule has 0 aliphatic carbocycles. The number of rotatable bonds is 8. The van der Waals surface area contributed by atoms with Gasteiger partial charge in [0.2, 0.25) is 0 Å². The first kappa shape index (κ1) is 18.7. The highest BCUT2D eigenvalue weighted by molar-refractivity contribution is 9.10. The molecule has 0 atom stereocenters. The number of hydrogen-bond acceptors (Lipinski definition) is 4. The van der Waals surface area contributed by atoms with E-state index < -0.39 is 0 Å². The summed E-state index contributed by atoms with van der Waals surface area (Å²) in [5, 5.41) is 9.70. The van der Waals surface area contributed by atoms with Gasteiger partial charge in [0.15, 0.2) is 5.16 Å². The van der Waals surface area contributed by atoms with Crippen LogP contribution >= 0.6 is 27.7 Å². The Morgan fingerprint density at radius 1 is 1.15 bits per heavy atom. The molecule has 0 unspecified atom stereocenters. The van der Waals surface area contributed by atoms with Gasteiger partial charge in [-0.05, 0) is 39.2 Å². The molecule has 0 bridgehead atoms. The van der Waals surface area contributed by atoms with Gasteiger partial charge >= 0.3 is 0 Å². The summed E-state index contributed by atoms with van der Waals surface area (Å²) < 4.78 is 8.36. The number of nitrogens with zero attached hydrogens (tertiary/aromatic N) is 3. The topological polar surface area (TPSA) is 39.9 Å². The first-order valence-corrected chi connectivity index (χ1v) is 10.0. The van der Waals surface area contributed by atoms with E-state index in [1.165, 1.54) is 11.1 Å². The van der Waals surface area contributed by atoms with Crippen LogP contribution < -0.4 is 4.74 Å². The summed E-state index contributed by atoms with van der Waals surface area (Å²) in [6.07, 6.45) is 2.64. The number of halogens is 1. The molecule has 0 spiro atoms. The molecule has 134 valence electrons. The first-order valence-electron chi connectivity index (χ1n) is 8.23. The van der Waals surface area contributed by atoms with Gasteiger partial charge in [0, 0.05) is 18.7 Å². The fourth-order valence-corrected chi connectivity index (χ4v) is 4.09. The number of hydrogen-bond donors (Lipinski definition) is 0. The van der Waals surface area contributed by atoms with E-state index in [0.29, 0.717) is 6.54 Å². The third kappa shape index (κ3) is 4.56. The Morgan fingerprint density at radius 2 is 1.96 bits per heavy atom. The largest absolute Gasteiger partial charge is 0.496 e. The zero-order valence-corrected chi connectivity index (χ0v) is 17.0. The van der Waals surface area contributed by atoms with E-state index in [2.05, 4.69) is 61.5 Å². The average molecular weight is 430 g/mol. The molecule has 26 heavy (non-hydrogen) atoms. The predicted molar refractivity (Wildman–Crippen MR) is 110 cm³/mol. The number of methoxy groups -OCH3 is 1. The summed E-state index contributed by atoms with van der Waals surface area (Å²) in [4.78, 5) is 0. The van der Waals surface area contributed by atoms with Gasteiger partial charge in [-0.15, -0.1) is 16.8 Å². The molecule has 0 aliphatic heterocycles. The number of benzene rings is 2. The Bertz CT molecular complexity index is 880. The summed E-state index contributed by atoms with van der Waals surface area (Å²) in [5.41, 5.74) is 2.42. The molecule has 3 aromatic rings. The van der Waals surface area contributed by atoms with Gasteiger partial charge in [-0.3, -0.25) is 0 Å². The van der Waals surface area contributed by atoms with Crippen LogP contribution in [0.1, 0.15) is 17.0 Å². The van der Waals surface area contributed by atoms with Crippen LogP contribution in [-0.2, 0) is 18.7 Å². The summed E-state index contributed by atoms with van der Waals surface area (Å²) in [5.74, 6) is 2.59. The van der Waals surface area contributed by atoms with Crippen LogP contribution in [0.2, 0.25) is 0 Å². The maximum absolute atomic E-state index is 5.28. The fourth-order valence-electron chi connectivity index (χ4n) is 2.59. The number of aromatic nitrogens is 3. The Labute approximate surface area is 166 Å². The lowest BCUT2D eigenvalue weighted by Crippen LogP contribution is -2.04. The SMILES string of the molecule is C=CCn1c(Cc2ccccc2)nnc1SCc1ccc(OC)c(Br)c1. The molecule has 0 saturated heterocycles. The van der Waals surface area contributed by atoms with Crippen LogP contribution in [0.4, 0.5) is 0 Å². The van der Waals surface area contributed by atoms with Crippen molar-refractivity contribution in [3.05, 3.63) is 82.6 Å². The van der Waals surface area contributed by atoms with Crippen LogP contribution in [0.15, 0.2) is 70.8 Å². The molecule has 1 aromatic heterocycles. The monoisotopic (exact) mass is 429 g/mol. The van der Waals surface area contributed by atoms with Gasteiger partial charge in [-0.25, -0.2) is 0 Å². The second-order valence-electron chi connectivity index (χ2n) is 5.72. The van der Waals surface area contributed by atoms with Gasteiger partial charge in [-0.1, -0.05) is 54.2 Å². The van der Waals surface area contributed by atoms with Crippen molar-refractivity contribution in [3.63, 3.8) is 0 Å². The Morgan fingerprint density at radius 3 is 2.65 bits per heavy atom. The standard InChI is InChI=1S/C20H20BrN3OS/c1-3-11-24-19(13-15-7-5-4-6-8-15)22-23-20(24)26-14-16-9-10-18(25-2)17(21)12-16/h3-10,12H,1,11,13-14H2,2H3. The highest BCUT2D eigenvalue weighted by Gasteiger charge is 2.13. The number of ether oxygens (including phenoxy) is 1. The van der Waals surface area contributed by atoms with E-state index in [-0.39, 0.29) is 0 Å². The fraction of sp³-hybridized carbons (Fsp3) is 0.200. The van der Waals surface area contributed by atoms with E-state index in [4.69, 9.17) is 4.74 Å². The lowest BCUT2D eigenvalue weighted by molar-refractivity contribution is 0.412. The van der Waals surface area contributed by atoms with Crippen LogP contribution in [-0.4, -0.2) is 21.9 Å². The first-order chi connectivity index (χ1) is 12.7. The summed E-state index contributed by atoms with van der Waals surface area (Å²) in [7, 11) is 1.67. The second-order valence-corrected chi connectivity index (χ2v) is 7.51. The molecule has 0 N–H and O–H groups in total. The van der Waals surface area contributed by atoms with Crippen LogP contribution in [0.25, 0.3) is 0 Å². The Hall–Kier alpha value is -2.05. The summed E-state index contributed by atoms with van der Waals surface area (Å²) in [6.45, 7) is 4.57. The molecule has 0 amide bonds. The minimum absolute atomic E-state index is 0.698. The van der Waals surface area contributed by atoms with Crippen molar-refractivity contribution < 1.29 is 4.74 Å². The number of allylic oxidation sites excluding steroid dienone is 1. The molecule has 0 aliphatic rings. The van der Waals surface area contributed by atoms with Crippen molar-refractivity contribution in [3.8, 4) is 5.75 Å². The number of thioether (sulfide) groups is 1. The van der Waals surface area contributed by atoms with Gasteiger partial charge in [-0.2, -0.15) is 0 Å². The summed E-state index contributed by atoms with van der Waals surface area (Å²) >= 11 is 5.21. The van der Waals surface area contributed by atoms with Crippen molar-refractivity contribution in [2.24, 2.45) is 0 Å². The normalized spacial score (nSPS) is 10.7. The summed E-state index contributed by atoms with van der Waals surface area (Å²) in [6, 6.07) is 16.4.